The molecule has 12 heavy (non-hydrogen) atoms. The van der Waals surface area contributed by atoms with E-state index < -0.39 is 0 Å². The van der Waals surface area contributed by atoms with Crippen molar-refractivity contribution in [3.05, 3.63) is 0 Å². The Kier molecular flexibility index (Phi) is 8.46. The monoisotopic (exact) mass is 171 g/mol. The molecule has 0 saturated heterocycles. The lowest BCUT2D eigenvalue weighted by Gasteiger charge is -1.98. The van der Waals surface area contributed by atoms with Crippen molar-refractivity contribution in [3.8, 4) is 0 Å². The Labute approximate surface area is 75.0 Å². The number of hydrogen-bond acceptors (Lipinski definition) is 1. The number of ketones is 1. The molecule has 0 bridgehead atoms. The molecule has 2 nitrogen and oxygen atoms in total. The molecule has 0 amide bonds. The summed E-state index contributed by atoms with van der Waals surface area (Å²) in [5.41, 5.74) is 0. The van der Waals surface area contributed by atoms with Gasteiger partial charge in [0.25, 0.3) is 0 Å². The molecule has 0 unspecified atom stereocenters. The van der Waals surface area contributed by atoms with Crippen LogP contribution in [0.25, 0.3) is 0 Å². The zero-order valence-corrected chi connectivity index (χ0v) is 7.97. The molecule has 0 atom stereocenters. The van der Waals surface area contributed by atoms with Gasteiger partial charge in [0.1, 0.15) is 5.78 Å². The fourth-order valence-corrected chi connectivity index (χ4v) is 1.18. The van der Waals surface area contributed by atoms with Crippen LogP contribution < -0.4 is 0 Å². The highest BCUT2D eigenvalue weighted by molar-refractivity contribution is 5.78. The van der Waals surface area contributed by atoms with Gasteiger partial charge in [0.15, 0.2) is 0 Å². The van der Waals surface area contributed by atoms with E-state index in [0.717, 1.165) is 38.5 Å². The van der Waals surface area contributed by atoms with Crippen LogP contribution in [0.5, 0.6) is 0 Å². The van der Waals surface area contributed by atoms with Gasteiger partial charge in [-0.3, -0.25) is 4.79 Å². The Morgan fingerprint density at radius 2 is 1.67 bits per heavy atom. The Morgan fingerprint density at radius 3 is 2.25 bits per heavy atom. The molecule has 0 heterocycles. The van der Waals surface area contributed by atoms with Crippen molar-refractivity contribution in [1.29, 1.82) is 0 Å². The Hall–Kier alpha value is -0.370. The molecule has 71 valence electrons. The summed E-state index contributed by atoms with van der Waals surface area (Å²) in [4.78, 5) is 11.0. The second-order valence-corrected chi connectivity index (χ2v) is 3.16. The molecule has 0 aliphatic rings. The van der Waals surface area contributed by atoms with E-state index in [1.165, 1.54) is 0 Å². The normalized spacial score (nSPS) is 10.2. The maximum absolute atomic E-state index is 11.0. The molecule has 0 N–H and O–H groups in total. The third kappa shape index (κ3) is 7.73. The van der Waals surface area contributed by atoms with Crippen LogP contribution in [0.1, 0.15) is 51.9 Å². The molecule has 0 fully saturated rings. The topological polar surface area (TPSA) is 37.0 Å². The lowest BCUT2D eigenvalue weighted by molar-refractivity contribution is -0.119. The van der Waals surface area contributed by atoms with E-state index in [1.54, 1.807) is 0 Å². The van der Waals surface area contributed by atoms with E-state index in [4.69, 9.17) is 0 Å². The van der Waals surface area contributed by atoms with Crippen LogP contribution in [0, 0.1) is 0 Å². The number of unbranched alkanes of at least 4 members (excludes halogenated alkanes) is 3. The van der Waals surface area contributed by atoms with Crippen LogP contribution in [0.2, 0.25) is 0 Å². The minimum atomic E-state index is 0.0307. The van der Waals surface area contributed by atoms with Gasteiger partial charge >= 0.3 is 0 Å². The largest absolute Gasteiger partial charge is 0.300 e. The van der Waals surface area contributed by atoms with Gasteiger partial charge in [0, 0.05) is 12.8 Å². The summed E-state index contributed by atoms with van der Waals surface area (Å²) in [6.45, 7) is 2.05. The van der Waals surface area contributed by atoms with E-state index in [1.807, 2.05) is 6.92 Å². The van der Waals surface area contributed by atoms with Crippen molar-refractivity contribution in [1.82, 2.24) is 0 Å². The third-order valence-corrected chi connectivity index (χ3v) is 1.88. The summed E-state index contributed by atoms with van der Waals surface area (Å²) in [7, 11) is 0. The molecule has 0 spiro atoms. The van der Waals surface area contributed by atoms with Gasteiger partial charge in [-0.05, 0) is 19.3 Å². The summed E-state index contributed by atoms with van der Waals surface area (Å²) in [6.07, 6.45) is 6.16. The quantitative estimate of drug-likeness (QED) is 0.517. The predicted molar refractivity (Wildman–Crippen MR) is 48.6 cm³/mol. The highest BCUT2D eigenvalue weighted by Gasteiger charge is 1.98. The summed E-state index contributed by atoms with van der Waals surface area (Å²) in [6, 6.07) is 0. The van der Waals surface area contributed by atoms with Crippen LogP contribution in [0.3, 0.4) is 0 Å². The second kappa shape index (κ2) is 8.72. The molecular weight excluding hydrogens is 152 g/mol. The van der Waals surface area contributed by atoms with Crippen molar-refractivity contribution in [2.24, 2.45) is 0 Å². The lowest BCUT2D eigenvalue weighted by Crippen LogP contribution is -1.96. The summed E-state index contributed by atoms with van der Waals surface area (Å²) in [5.74, 6) is 0.375. The number of Topliss-reactive ketones (excluding diaryl/α,β-unsaturated/α-hetero) is 1. The van der Waals surface area contributed by atoms with E-state index in [0.29, 0.717) is 12.2 Å². The van der Waals surface area contributed by atoms with Gasteiger partial charge in [-0.25, -0.2) is 5.11 Å². The van der Waals surface area contributed by atoms with Crippen molar-refractivity contribution in [2.75, 3.05) is 6.61 Å². The van der Waals surface area contributed by atoms with E-state index in [2.05, 4.69) is 0 Å². The number of carbonyl (C=O) groups is 1. The van der Waals surface area contributed by atoms with E-state index in [-0.39, 0.29) is 6.61 Å². The van der Waals surface area contributed by atoms with Gasteiger partial charge in [0.2, 0.25) is 0 Å². The van der Waals surface area contributed by atoms with Crippen LogP contribution in [0.4, 0.5) is 0 Å². The first-order valence-corrected chi connectivity index (χ1v) is 4.91. The molecule has 2 heteroatoms. The third-order valence-electron chi connectivity index (χ3n) is 1.88. The fraction of sp³-hybridized carbons (Fsp3) is 0.900. The highest BCUT2D eigenvalue weighted by atomic mass is 16.2. The number of carbonyl (C=O) groups excluding carboxylic acids is 1. The molecule has 0 aliphatic carbocycles. The number of rotatable bonds is 8. The minimum absolute atomic E-state index is 0.0307. The van der Waals surface area contributed by atoms with E-state index >= 15 is 0 Å². The Bertz CT molecular complexity index is 110. The average Bonchev–Trinajstić information content (AvgIpc) is 2.05. The van der Waals surface area contributed by atoms with Crippen LogP contribution in [-0.4, -0.2) is 12.4 Å². The number of hydrogen-bond donors (Lipinski definition) is 0. The average molecular weight is 171 g/mol. The van der Waals surface area contributed by atoms with Crippen molar-refractivity contribution < 1.29 is 9.90 Å². The molecule has 0 aromatic carbocycles. The maximum atomic E-state index is 11.0. The SMILES string of the molecule is CCCC(=O)CCCCCC[O]. The van der Waals surface area contributed by atoms with Crippen LogP contribution in [0.15, 0.2) is 0 Å². The standard InChI is InChI=1S/C10H19O2/c1-2-7-10(12)8-5-3-4-6-9-11/h2-9H2,1H3. The van der Waals surface area contributed by atoms with Gasteiger partial charge in [-0.2, -0.15) is 0 Å². The summed E-state index contributed by atoms with van der Waals surface area (Å²) >= 11 is 0. The first-order chi connectivity index (χ1) is 5.81. The maximum Gasteiger partial charge on any atom is 0.132 e. The van der Waals surface area contributed by atoms with Gasteiger partial charge in [0.05, 0.1) is 6.61 Å². The van der Waals surface area contributed by atoms with Crippen molar-refractivity contribution >= 4 is 5.78 Å². The fourth-order valence-electron chi connectivity index (χ4n) is 1.18. The summed E-state index contributed by atoms with van der Waals surface area (Å²) < 4.78 is 0. The van der Waals surface area contributed by atoms with Crippen molar-refractivity contribution in [3.63, 3.8) is 0 Å². The molecule has 0 aromatic heterocycles. The minimum Gasteiger partial charge on any atom is -0.300 e. The smallest absolute Gasteiger partial charge is 0.132 e. The Balaban J connectivity index is 3.03. The molecular formula is C10H19O2. The zero-order chi connectivity index (χ0) is 9.23. The first-order valence-electron chi connectivity index (χ1n) is 4.91. The lowest BCUT2D eigenvalue weighted by atomic mass is 10.1. The summed E-state index contributed by atoms with van der Waals surface area (Å²) in [5, 5.41) is 10.1. The first kappa shape index (κ1) is 11.6. The van der Waals surface area contributed by atoms with Gasteiger partial charge < -0.3 is 0 Å². The second-order valence-electron chi connectivity index (χ2n) is 3.16. The molecule has 0 rings (SSSR count). The van der Waals surface area contributed by atoms with Crippen LogP contribution in [-0.2, 0) is 9.90 Å². The Morgan fingerprint density at radius 1 is 1.00 bits per heavy atom. The highest BCUT2D eigenvalue weighted by Crippen LogP contribution is 2.05. The molecule has 0 aromatic rings. The van der Waals surface area contributed by atoms with Gasteiger partial charge in [-0.1, -0.05) is 19.8 Å². The van der Waals surface area contributed by atoms with E-state index in [9.17, 15) is 9.90 Å². The molecule has 0 aliphatic heterocycles. The molecule has 1 radical (unpaired) electrons. The zero-order valence-electron chi connectivity index (χ0n) is 7.97. The van der Waals surface area contributed by atoms with Gasteiger partial charge in [-0.15, -0.1) is 0 Å². The van der Waals surface area contributed by atoms with Crippen LogP contribution >= 0.6 is 0 Å². The van der Waals surface area contributed by atoms with Crippen molar-refractivity contribution in [2.45, 2.75) is 51.9 Å². The predicted octanol–water partition coefficient (Wildman–Crippen LogP) is 2.74. The molecule has 0 saturated carbocycles.